The van der Waals surface area contributed by atoms with Crippen LogP contribution in [-0.2, 0) is 9.53 Å². The molecule has 24 heavy (non-hydrogen) atoms. The molecule has 3 N–H and O–H groups in total. The number of nitro benzene ring substituents is 1. The van der Waals surface area contributed by atoms with Crippen molar-refractivity contribution in [2.75, 3.05) is 6.61 Å². The molecule has 0 radical (unpaired) electrons. The van der Waals surface area contributed by atoms with Crippen molar-refractivity contribution in [1.82, 2.24) is 5.32 Å². The van der Waals surface area contributed by atoms with Crippen LogP contribution in [-0.4, -0.2) is 57.4 Å². The number of non-ortho nitro benzene ring substituents is 1. The maximum Gasteiger partial charge on any atom is 0.269 e. The molecule has 1 aliphatic rings. The molecule has 1 fully saturated rings. The van der Waals surface area contributed by atoms with Crippen molar-refractivity contribution in [3.8, 4) is 5.75 Å². The van der Waals surface area contributed by atoms with Gasteiger partial charge < -0.3 is 25.0 Å². The summed E-state index contributed by atoms with van der Waals surface area (Å²) in [5.41, 5.74) is -0.103. The Hall–Kier alpha value is -1.88. The highest BCUT2D eigenvalue weighted by molar-refractivity contribution is 7.81. The van der Waals surface area contributed by atoms with Gasteiger partial charge in [-0.2, -0.15) is 12.6 Å². The van der Waals surface area contributed by atoms with Gasteiger partial charge in [-0.15, -0.1) is 0 Å². The fraction of sp³-hybridized carbons (Fsp3) is 0.500. The fourth-order valence-corrected chi connectivity index (χ4v) is 2.70. The number of amides is 1. The van der Waals surface area contributed by atoms with Crippen LogP contribution in [0.15, 0.2) is 24.3 Å². The third-order valence-electron chi connectivity index (χ3n) is 3.55. The molecule has 2 rings (SSSR count). The van der Waals surface area contributed by atoms with E-state index in [4.69, 9.17) is 9.47 Å². The maximum absolute atomic E-state index is 11.4. The summed E-state index contributed by atoms with van der Waals surface area (Å²) in [6.45, 7) is 0.888. The predicted octanol–water partition coefficient (Wildman–Crippen LogP) is -0.145. The van der Waals surface area contributed by atoms with Crippen LogP contribution in [0.2, 0.25) is 0 Å². The van der Waals surface area contributed by atoms with Crippen LogP contribution in [0.25, 0.3) is 0 Å². The largest absolute Gasteiger partial charge is 0.463 e. The van der Waals surface area contributed by atoms with E-state index in [1.54, 1.807) is 0 Å². The van der Waals surface area contributed by atoms with E-state index in [1.807, 2.05) is 0 Å². The number of nitrogens with one attached hydrogen (secondary N) is 1. The van der Waals surface area contributed by atoms with Gasteiger partial charge in [0.05, 0.1) is 29.0 Å². The van der Waals surface area contributed by atoms with Crippen molar-refractivity contribution in [3.05, 3.63) is 34.4 Å². The van der Waals surface area contributed by atoms with Crippen molar-refractivity contribution in [2.24, 2.45) is 0 Å². The van der Waals surface area contributed by atoms with Gasteiger partial charge in [0, 0.05) is 19.1 Å². The fourth-order valence-electron chi connectivity index (χ4n) is 2.35. The molecule has 1 aromatic rings. The standard InChI is InChI=1S/C14H18N2O7S/c1-7(18)15-11-12(19)13(24)10(6-17)23-14(11)22-9-4-2-8(3-5-9)16(20)21/h2-5,10-14,17,19,24H,6H2,1H3,(H,15,18)/t10-,11-,12-,13-,14-/m1/s1. The van der Waals surface area contributed by atoms with Crippen LogP contribution in [0.4, 0.5) is 5.69 Å². The molecule has 0 saturated carbocycles. The van der Waals surface area contributed by atoms with Crippen LogP contribution >= 0.6 is 12.6 Å². The maximum atomic E-state index is 11.4. The van der Waals surface area contributed by atoms with E-state index in [0.717, 1.165) is 0 Å². The summed E-state index contributed by atoms with van der Waals surface area (Å²) in [5.74, 6) is -0.148. The predicted molar refractivity (Wildman–Crippen MR) is 85.9 cm³/mol. The molecule has 0 bridgehead atoms. The minimum absolute atomic E-state index is 0.103. The molecule has 1 aliphatic heterocycles. The second-order valence-corrected chi connectivity index (χ2v) is 5.90. The van der Waals surface area contributed by atoms with Gasteiger partial charge in [0.15, 0.2) is 0 Å². The van der Waals surface area contributed by atoms with Crippen LogP contribution in [0.3, 0.4) is 0 Å². The Morgan fingerprint density at radius 1 is 1.46 bits per heavy atom. The van der Waals surface area contributed by atoms with Crippen molar-refractivity contribution < 1.29 is 29.4 Å². The zero-order chi connectivity index (χ0) is 17.9. The summed E-state index contributed by atoms with van der Waals surface area (Å²) in [6.07, 6.45) is -3.01. The summed E-state index contributed by atoms with van der Waals surface area (Å²) in [6, 6.07) is 4.35. The van der Waals surface area contributed by atoms with E-state index in [0.29, 0.717) is 0 Å². The zero-order valence-electron chi connectivity index (χ0n) is 12.7. The minimum atomic E-state index is -1.12. The summed E-state index contributed by atoms with van der Waals surface area (Å²) in [7, 11) is 0. The van der Waals surface area contributed by atoms with E-state index >= 15 is 0 Å². The second kappa shape index (κ2) is 7.79. The minimum Gasteiger partial charge on any atom is -0.463 e. The average molecular weight is 358 g/mol. The molecule has 0 spiro atoms. The van der Waals surface area contributed by atoms with Crippen LogP contribution < -0.4 is 10.1 Å². The van der Waals surface area contributed by atoms with E-state index in [-0.39, 0.29) is 11.4 Å². The van der Waals surface area contributed by atoms with Gasteiger partial charge in [0.2, 0.25) is 12.2 Å². The van der Waals surface area contributed by atoms with Crippen molar-refractivity contribution >= 4 is 24.2 Å². The van der Waals surface area contributed by atoms with Gasteiger partial charge in [0.25, 0.3) is 5.69 Å². The lowest BCUT2D eigenvalue weighted by Crippen LogP contribution is -2.64. The first-order valence-electron chi connectivity index (χ1n) is 7.14. The lowest BCUT2D eigenvalue weighted by molar-refractivity contribution is -0.384. The van der Waals surface area contributed by atoms with Crippen LogP contribution in [0.1, 0.15) is 6.92 Å². The van der Waals surface area contributed by atoms with Gasteiger partial charge in [-0.05, 0) is 12.1 Å². The number of benzene rings is 1. The Balaban J connectivity index is 2.19. The first-order chi connectivity index (χ1) is 11.3. The quantitative estimate of drug-likeness (QED) is 0.327. The molecule has 1 amide bonds. The van der Waals surface area contributed by atoms with E-state index in [1.165, 1.54) is 31.2 Å². The Morgan fingerprint density at radius 2 is 2.08 bits per heavy atom. The molecule has 10 heteroatoms. The number of nitrogens with zero attached hydrogens (tertiary/aromatic N) is 1. The van der Waals surface area contributed by atoms with Crippen molar-refractivity contribution in [1.29, 1.82) is 0 Å². The monoisotopic (exact) mass is 358 g/mol. The molecule has 132 valence electrons. The highest BCUT2D eigenvalue weighted by Gasteiger charge is 2.45. The number of hydrogen-bond acceptors (Lipinski definition) is 8. The van der Waals surface area contributed by atoms with Gasteiger partial charge >= 0.3 is 0 Å². The number of aliphatic hydroxyl groups is 2. The molecule has 9 nitrogen and oxygen atoms in total. The third-order valence-corrected chi connectivity index (χ3v) is 4.19. The topological polar surface area (TPSA) is 131 Å². The molecule has 1 saturated heterocycles. The Morgan fingerprint density at radius 3 is 2.58 bits per heavy atom. The summed E-state index contributed by atoms with van der Waals surface area (Å²) in [4.78, 5) is 21.5. The summed E-state index contributed by atoms with van der Waals surface area (Å²) >= 11 is 4.20. The van der Waals surface area contributed by atoms with E-state index in [2.05, 4.69) is 17.9 Å². The van der Waals surface area contributed by atoms with Gasteiger partial charge in [-0.25, -0.2) is 0 Å². The molecular formula is C14H18N2O7S. The number of carbonyl (C=O) groups excluding carboxylic acids is 1. The number of thiol groups is 1. The molecule has 0 unspecified atom stereocenters. The van der Waals surface area contributed by atoms with Crippen molar-refractivity contribution in [3.63, 3.8) is 0 Å². The average Bonchev–Trinajstić information content (AvgIpc) is 2.54. The van der Waals surface area contributed by atoms with Gasteiger partial charge in [-0.3, -0.25) is 14.9 Å². The summed E-state index contributed by atoms with van der Waals surface area (Å²) in [5, 5.41) is 32.1. The van der Waals surface area contributed by atoms with Crippen LogP contribution in [0.5, 0.6) is 5.75 Å². The van der Waals surface area contributed by atoms with Gasteiger partial charge in [0.1, 0.15) is 11.8 Å². The molecule has 0 aromatic heterocycles. The molecule has 5 atom stereocenters. The Bertz CT molecular complexity index is 597. The van der Waals surface area contributed by atoms with Crippen LogP contribution in [0, 0.1) is 10.1 Å². The number of hydrogen-bond donors (Lipinski definition) is 4. The molecule has 0 aliphatic carbocycles. The van der Waals surface area contributed by atoms with E-state index < -0.39 is 47.2 Å². The number of rotatable bonds is 5. The second-order valence-electron chi connectivity index (χ2n) is 5.30. The summed E-state index contributed by atoms with van der Waals surface area (Å²) < 4.78 is 11.1. The molecule has 1 aromatic carbocycles. The zero-order valence-corrected chi connectivity index (χ0v) is 13.6. The smallest absolute Gasteiger partial charge is 0.269 e. The highest BCUT2D eigenvalue weighted by Crippen LogP contribution is 2.28. The highest BCUT2D eigenvalue weighted by atomic mass is 32.1. The lowest BCUT2D eigenvalue weighted by Gasteiger charge is -2.42. The number of carbonyl (C=O) groups is 1. The van der Waals surface area contributed by atoms with Gasteiger partial charge in [-0.1, -0.05) is 0 Å². The molecular weight excluding hydrogens is 340 g/mol. The number of ether oxygens (including phenoxy) is 2. The first kappa shape index (κ1) is 18.5. The normalized spacial score (nSPS) is 29.8. The number of aliphatic hydroxyl groups excluding tert-OH is 2. The molecule has 1 heterocycles. The number of nitro groups is 1. The van der Waals surface area contributed by atoms with E-state index in [9.17, 15) is 25.1 Å². The Kier molecular flexibility index (Phi) is 5.99. The Labute approximate surface area is 143 Å². The van der Waals surface area contributed by atoms with Crippen molar-refractivity contribution in [2.45, 2.75) is 36.7 Å². The first-order valence-corrected chi connectivity index (χ1v) is 7.65. The third kappa shape index (κ3) is 4.15. The lowest BCUT2D eigenvalue weighted by atomic mass is 9.99. The SMILES string of the molecule is CC(=O)N[C@H]1[C@H](Oc2ccc([N+](=O)[O-])cc2)O[C@H](CO)[C@@H](S)[C@@H]1O.